The molecule has 1 rings (SSSR count). The maximum absolute atomic E-state index is 9.84. The minimum Gasteiger partial charge on any atom is -0.508 e. The van der Waals surface area contributed by atoms with Gasteiger partial charge in [-0.3, -0.25) is 0 Å². The van der Waals surface area contributed by atoms with Crippen LogP contribution in [0.25, 0.3) is 0 Å². The SMILES string of the molecule is Cc1ccc(O)c(C(CN)C(C)(C)C)c1. The summed E-state index contributed by atoms with van der Waals surface area (Å²) < 4.78 is 0. The number of aromatic hydroxyl groups is 1. The second-order valence-corrected chi connectivity index (χ2v) is 5.22. The largest absolute Gasteiger partial charge is 0.508 e. The number of hydrogen-bond acceptors (Lipinski definition) is 2. The minimum atomic E-state index is 0.0695. The van der Waals surface area contributed by atoms with E-state index in [0.29, 0.717) is 12.3 Å². The van der Waals surface area contributed by atoms with Crippen LogP contribution in [0.2, 0.25) is 0 Å². The molecule has 3 N–H and O–H groups in total. The van der Waals surface area contributed by atoms with Crippen LogP contribution in [-0.2, 0) is 0 Å². The molecule has 0 aliphatic heterocycles. The van der Waals surface area contributed by atoms with E-state index in [4.69, 9.17) is 5.73 Å². The molecule has 1 aromatic rings. The molecule has 0 aromatic heterocycles. The molecule has 0 saturated heterocycles. The van der Waals surface area contributed by atoms with Gasteiger partial charge < -0.3 is 10.8 Å². The van der Waals surface area contributed by atoms with Crippen molar-refractivity contribution < 1.29 is 5.11 Å². The lowest BCUT2D eigenvalue weighted by atomic mass is 9.76. The van der Waals surface area contributed by atoms with Crippen molar-refractivity contribution in [2.75, 3.05) is 6.54 Å². The lowest BCUT2D eigenvalue weighted by Crippen LogP contribution is -2.26. The van der Waals surface area contributed by atoms with Crippen molar-refractivity contribution in [3.63, 3.8) is 0 Å². The van der Waals surface area contributed by atoms with Crippen molar-refractivity contribution in [1.82, 2.24) is 0 Å². The highest BCUT2D eigenvalue weighted by molar-refractivity contribution is 5.39. The van der Waals surface area contributed by atoms with Gasteiger partial charge in [0, 0.05) is 5.92 Å². The number of hydrogen-bond donors (Lipinski definition) is 2. The second kappa shape index (κ2) is 4.23. The summed E-state index contributed by atoms with van der Waals surface area (Å²) in [5, 5.41) is 9.84. The maximum Gasteiger partial charge on any atom is 0.119 e. The van der Waals surface area contributed by atoms with Gasteiger partial charge in [-0.25, -0.2) is 0 Å². The molecule has 1 atom stereocenters. The molecule has 0 aliphatic carbocycles. The van der Waals surface area contributed by atoms with E-state index in [-0.39, 0.29) is 11.3 Å². The van der Waals surface area contributed by atoms with Gasteiger partial charge in [-0.15, -0.1) is 0 Å². The molecule has 0 bridgehead atoms. The van der Waals surface area contributed by atoms with Crippen LogP contribution in [-0.4, -0.2) is 11.7 Å². The summed E-state index contributed by atoms with van der Waals surface area (Å²) in [6.07, 6.45) is 0. The van der Waals surface area contributed by atoms with Gasteiger partial charge in [0.05, 0.1) is 0 Å². The highest BCUT2D eigenvalue weighted by Gasteiger charge is 2.26. The van der Waals surface area contributed by atoms with Crippen molar-refractivity contribution in [3.05, 3.63) is 29.3 Å². The number of rotatable bonds is 2. The van der Waals surface area contributed by atoms with Gasteiger partial charge in [-0.2, -0.15) is 0 Å². The third-order valence-electron chi connectivity index (χ3n) is 2.84. The number of nitrogens with two attached hydrogens (primary N) is 1. The van der Waals surface area contributed by atoms with Crippen LogP contribution in [0.4, 0.5) is 0 Å². The zero-order valence-electron chi connectivity index (χ0n) is 10.0. The molecule has 0 aliphatic rings. The summed E-state index contributed by atoms with van der Waals surface area (Å²) in [4.78, 5) is 0. The van der Waals surface area contributed by atoms with E-state index in [2.05, 4.69) is 20.8 Å². The van der Waals surface area contributed by atoms with E-state index in [9.17, 15) is 5.11 Å². The Morgan fingerprint density at radius 2 is 1.93 bits per heavy atom. The van der Waals surface area contributed by atoms with Gasteiger partial charge in [0.2, 0.25) is 0 Å². The van der Waals surface area contributed by atoms with Crippen LogP contribution in [0.1, 0.15) is 37.8 Å². The minimum absolute atomic E-state index is 0.0695. The van der Waals surface area contributed by atoms with Crippen molar-refractivity contribution in [2.45, 2.75) is 33.6 Å². The molecule has 84 valence electrons. The van der Waals surface area contributed by atoms with E-state index >= 15 is 0 Å². The van der Waals surface area contributed by atoms with Crippen LogP contribution >= 0.6 is 0 Å². The third-order valence-corrected chi connectivity index (χ3v) is 2.84. The van der Waals surface area contributed by atoms with Gasteiger partial charge in [0.1, 0.15) is 5.75 Å². The smallest absolute Gasteiger partial charge is 0.119 e. The van der Waals surface area contributed by atoms with Crippen molar-refractivity contribution in [1.29, 1.82) is 0 Å². The van der Waals surface area contributed by atoms with Gasteiger partial charge >= 0.3 is 0 Å². The monoisotopic (exact) mass is 207 g/mol. The summed E-state index contributed by atoms with van der Waals surface area (Å²) in [6, 6.07) is 5.69. The van der Waals surface area contributed by atoms with Gasteiger partial charge in [-0.1, -0.05) is 38.5 Å². The first-order valence-electron chi connectivity index (χ1n) is 5.36. The number of phenols is 1. The Morgan fingerprint density at radius 1 is 1.33 bits per heavy atom. The molecular weight excluding hydrogens is 186 g/mol. The van der Waals surface area contributed by atoms with Crippen molar-refractivity contribution >= 4 is 0 Å². The van der Waals surface area contributed by atoms with Crippen LogP contribution in [0.5, 0.6) is 5.75 Å². The molecule has 2 nitrogen and oxygen atoms in total. The molecule has 1 unspecified atom stereocenters. The fraction of sp³-hybridized carbons (Fsp3) is 0.538. The van der Waals surface area contributed by atoms with Gasteiger partial charge in [0.25, 0.3) is 0 Å². The number of aryl methyl sites for hydroxylation is 1. The zero-order valence-corrected chi connectivity index (χ0v) is 10.0. The fourth-order valence-corrected chi connectivity index (χ4v) is 1.90. The summed E-state index contributed by atoms with van der Waals surface area (Å²) in [7, 11) is 0. The lowest BCUT2D eigenvalue weighted by Gasteiger charge is -2.30. The van der Waals surface area contributed by atoms with E-state index in [1.165, 1.54) is 0 Å². The highest BCUT2D eigenvalue weighted by Crippen LogP contribution is 2.38. The summed E-state index contributed by atoms with van der Waals surface area (Å²) in [5.74, 6) is 0.545. The third kappa shape index (κ3) is 2.72. The molecule has 0 radical (unpaired) electrons. The Morgan fingerprint density at radius 3 is 2.40 bits per heavy atom. The predicted molar refractivity (Wildman–Crippen MR) is 64.1 cm³/mol. The van der Waals surface area contributed by atoms with Gasteiger partial charge in [0.15, 0.2) is 0 Å². The highest BCUT2D eigenvalue weighted by atomic mass is 16.3. The average molecular weight is 207 g/mol. The van der Waals surface area contributed by atoms with Gasteiger partial charge in [-0.05, 0) is 30.5 Å². The van der Waals surface area contributed by atoms with Crippen LogP contribution in [0.15, 0.2) is 18.2 Å². The Balaban J connectivity index is 3.18. The molecule has 0 fully saturated rings. The molecular formula is C13H21NO. The number of benzene rings is 1. The first kappa shape index (κ1) is 12.1. The second-order valence-electron chi connectivity index (χ2n) is 5.22. The van der Waals surface area contributed by atoms with Crippen LogP contribution in [0.3, 0.4) is 0 Å². The quantitative estimate of drug-likeness (QED) is 0.783. The van der Waals surface area contributed by atoms with Crippen molar-refractivity contribution in [3.8, 4) is 5.75 Å². The first-order chi connectivity index (χ1) is 6.86. The molecule has 2 heteroatoms. The molecule has 0 heterocycles. The maximum atomic E-state index is 9.84. The van der Waals surface area contributed by atoms with E-state index < -0.39 is 0 Å². The Kier molecular flexibility index (Phi) is 3.40. The first-order valence-corrected chi connectivity index (χ1v) is 5.36. The molecule has 0 spiro atoms. The molecule has 15 heavy (non-hydrogen) atoms. The molecule has 0 saturated carbocycles. The topological polar surface area (TPSA) is 46.2 Å². The fourth-order valence-electron chi connectivity index (χ4n) is 1.90. The molecule has 0 amide bonds. The normalized spacial score (nSPS) is 13.9. The Labute approximate surface area is 92.1 Å². The molecule has 1 aromatic carbocycles. The Hall–Kier alpha value is -1.02. The van der Waals surface area contributed by atoms with Crippen molar-refractivity contribution in [2.24, 2.45) is 11.1 Å². The summed E-state index contributed by atoms with van der Waals surface area (Å²) in [5.41, 5.74) is 7.99. The number of phenolic OH excluding ortho intramolecular Hbond substituents is 1. The Bertz CT molecular complexity index is 339. The zero-order chi connectivity index (χ0) is 11.6. The van der Waals surface area contributed by atoms with E-state index in [1.54, 1.807) is 6.07 Å². The average Bonchev–Trinajstić information content (AvgIpc) is 2.10. The lowest BCUT2D eigenvalue weighted by molar-refractivity contribution is 0.316. The standard InChI is InChI=1S/C13H21NO/c1-9-5-6-12(15)10(7-9)11(8-14)13(2,3)4/h5-7,11,15H,8,14H2,1-4H3. The van der Waals surface area contributed by atoms with E-state index in [1.807, 2.05) is 19.1 Å². The summed E-state index contributed by atoms with van der Waals surface area (Å²) in [6.45, 7) is 9.02. The van der Waals surface area contributed by atoms with E-state index in [0.717, 1.165) is 11.1 Å². The predicted octanol–water partition coefficient (Wildman–Crippen LogP) is 2.79. The summed E-state index contributed by atoms with van der Waals surface area (Å²) >= 11 is 0. The van der Waals surface area contributed by atoms with Crippen LogP contribution < -0.4 is 5.73 Å². The van der Waals surface area contributed by atoms with Crippen LogP contribution in [0, 0.1) is 12.3 Å².